The lowest BCUT2D eigenvalue weighted by Crippen LogP contribution is -2.69. The Morgan fingerprint density at radius 1 is 1.35 bits per heavy atom. The number of hydrogen-bond donors (Lipinski definition) is 2. The Morgan fingerprint density at radius 3 is 2.48 bits per heavy atom. The highest BCUT2D eigenvalue weighted by Crippen LogP contribution is 2.53. The van der Waals surface area contributed by atoms with E-state index in [1.807, 2.05) is 19.2 Å². The van der Waals surface area contributed by atoms with Crippen LogP contribution in [0.5, 0.6) is 5.75 Å². The number of carbonyl (C=O) groups is 1. The topological polar surface area (TPSA) is 61.8 Å². The molecule has 0 heterocycles. The minimum absolute atomic E-state index is 0.0555. The molecule has 1 fully saturated rings. The van der Waals surface area contributed by atoms with Crippen LogP contribution in [0.25, 0.3) is 0 Å². The van der Waals surface area contributed by atoms with Crippen LogP contribution < -0.4 is 5.32 Å². The van der Waals surface area contributed by atoms with E-state index in [0.29, 0.717) is 6.54 Å². The van der Waals surface area contributed by atoms with Gasteiger partial charge in [0, 0.05) is 32.2 Å². The third kappa shape index (κ3) is 3.29. The molecule has 0 saturated heterocycles. The molecule has 5 heteroatoms. The van der Waals surface area contributed by atoms with Crippen LogP contribution in [0.1, 0.15) is 32.8 Å². The first-order chi connectivity index (χ1) is 10.7. The van der Waals surface area contributed by atoms with Crippen LogP contribution in [0.4, 0.5) is 4.79 Å². The largest absolute Gasteiger partial charge is 0.508 e. The van der Waals surface area contributed by atoms with E-state index >= 15 is 0 Å². The number of nitrogens with one attached hydrogen (secondary N) is 1. The van der Waals surface area contributed by atoms with Crippen molar-refractivity contribution in [2.24, 2.45) is 5.41 Å². The number of rotatable bonds is 5. The van der Waals surface area contributed by atoms with Crippen LogP contribution in [0.2, 0.25) is 0 Å². The number of hydrogen-bond acceptors (Lipinski definition) is 3. The molecule has 0 radical (unpaired) electrons. The summed E-state index contributed by atoms with van der Waals surface area (Å²) < 4.78 is 5.62. The van der Waals surface area contributed by atoms with Crippen LogP contribution in [0.3, 0.4) is 0 Å². The number of phenols is 1. The van der Waals surface area contributed by atoms with Crippen LogP contribution in [0.15, 0.2) is 24.3 Å². The standard InChI is InChI=1S/C18H28N2O3/c1-17(2)15(12-18(17,3)23-5)20(4)16(22)19-11-10-13-6-8-14(21)9-7-13/h6-9,15,21H,10-12H2,1-5H3,(H,19,22). The zero-order chi connectivity index (χ0) is 17.3. The molecule has 1 aromatic carbocycles. The molecule has 1 aromatic rings. The maximum atomic E-state index is 12.3. The van der Waals surface area contributed by atoms with Crippen molar-refractivity contribution in [3.63, 3.8) is 0 Å². The Labute approximate surface area is 138 Å². The van der Waals surface area contributed by atoms with Crippen molar-refractivity contribution in [3.8, 4) is 5.75 Å². The third-order valence-electron chi connectivity index (χ3n) is 5.64. The van der Waals surface area contributed by atoms with Crippen molar-refractivity contribution < 1.29 is 14.6 Å². The predicted octanol–water partition coefficient (Wildman–Crippen LogP) is 2.78. The molecule has 2 amide bonds. The van der Waals surface area contributed by atoms with E-state index in [1.165, 1.54) is 0 Å². The molecule has 0 aliphatic heterocycles. The minimum atomic E-state index is -0.182. The second kappa shape index (κ2) is 6.40. The normalized spacial score (nSPS) is 25.5. The Balaban J connectivity index is 1.83. The molecule has 1 aliphatic rings. The van der Waals surface area contributed by atoms with E-state index in [1.54, 1.807) is 24.1 Å². The van der Waals surface area contributed by atoms with E-state index in [4.69, 9.17) is 4.74 Å². The average Bonchev–Trinajstić information content (AvgIpc) is 2.53. The molecular formula is C18H28N2O3. The van der Waals surface area contributed by atoms with Gasteiger partial charge in [0.25, 0.3) is 0 Å². The number of ether oxygens (including phenoxy) is 1. The number of amides is 2. The number of urea groups is 1. The van der Waals surface area contributed by atoms with Gasteiger partial charge in [-0.1, -0.05) is 26.0 Å². The number of nitrogens with zero attached hydrogens (tertiary/aromatic N) is 1. The van der Waals surface area contributed by atoms with Gasteiger partial charge in [-0.2, -0.15) is 0 Å². The van der Waals surface area contributed by atoms with Gasteiger partial charge in [0.05, 0.1) is 5.60 Å². The number of methoxy groups -OCH3 is 1. The molecule has 2 N–H and O–H groups in total. The van der Waals surface area contributed by atoms with Gasteiger partial charge in [0.2, 0.25) is 0 Å². The maximum Gasteiger partial charge on any atom is 0.317 e. The molecular weight excluding hydrogens is 292 g/mol. The Bertz CT molecular complexity index is 556. The lowest BCUT2D eigenvalue weighted by molar-refractivity contribution is -0.198. The summed E-state index contributed by atoms with van der Waals surface area (Å²) in [4.78, 5) is 14.1. The average molecular weight is 320 g/mol. The van der Waals surface area contributed by atoms with Gasteiger partial charge in [-0.25, -0.2) is 4.79 Å². The molecule has 0 bridgehead atoms. The first kappa shape index (κ1) is 17.6. The van der Waals surface area contributed by atoms with Crippen molar-refractivity contribution in [2.45, 2.75) is 45.3 Å². The summed E-state index contributed by atoms with van der Waals surface area (Å²) in [5.41, 5.74) is 0.824. The third-order valence-corrected chi connectivity index (χ3v) is 5.64. The molecule has 2 atom stereocenters. The lowest BCUT2D eigenvalue weighted by atomic mass is 9.55. The molecule has 2 unspecified atom stereocenters. The van der Waals surface area contributed by atoms with Gasteiger partial charge in [0.1, 0.15) is 5.75 Å². The van der Waals surface area contributed by atoms with Crippen molar-refractivity contribution in [1.29, 1.82) is 0 Å². The highest BCUT2D eigenvalue weighted by molar-refractivity contribution is 5.74. The molecule has 1 aliphatic carbocycles. The summed E-state index contributed by atoms with van der Waals surface area (Å²) in [6.45, 7) is 6.96. The van der Waals surface area contributed by atoms with E-state index in [-0.39, 0.29) is 28.8 Å². The fraction of sp³-hybridized carbons (Fsp3) is 0.611. The van der Waals surface area contributed by atoms with Gasteiger partial charge >= 0.3 is 6.03 Å². The monoisotopic (exact) mass is 320 g/mol. The predicted molar refractivity (Wildman–Crippen MR) is 90.6 cm³/mol. The number of aromatic hydroxyl groups is 1. The van der Waals surface area contributed by atoms with E-state index in [9.17, 15) is 9.90 Å². The summed E-state index contributed by atoms with van der Waals surface area (Å²) >= 11 is 0. The maximum absolute atomic E-state index is 12.3. The van der Waals surface area contributed by atoms with Crippen LogP contribution >= 0.6 is 0 Å². The molecule has 0 spiro atoms. The van der Waals surface area contributed by atoms with Crippen LogP contribution in [-0.2, 0) is 11.2 Å². The van der Waals surface area contributed by atoms with Crippen molar-refractivity contribution in [3.05, 3.63) is 29.8 Å². The molecule has 0 aromatic heterocycles. The molecule has 23 heavy (non-hydrogen) atoms. The first-order valence-corrected chi connectivity index (χ1v) is 8.05. The smallest absolute Gasteiger partial charge is 0.317 e. The highest BCUT2D eigenvalue weighted by Gasteiger charge is 2.59. The van der Waals surface area contributed by atoms with E-state index in [0.717, 1.165) is 18.4 Å². The van der Waals surface area contributed by atoms with Gasteiger partial charge in [-0.3, -0.25) is 0 Å². The molecule has 1 saturated carbocycles. The fourth-order valence-electron chi connectivity index (χ4n) is 3.32. The van der Waals surface area contributed by atoms with Gasteiger partial charge < -0.3 is 20.1 Å². The summed E-state index contributed by atoms with van der Waals surface area (Å²) in [6, 6.07) is 7.16. The summed E-state index contributed by atoms with van der Waals surface area (Å²) in [5, 5.41) is 12.2. The van der Waals surface area contributed by atoms with Crippen molar-refractivity contribution >= 4 is 6.03 Å². The summed E-state index contributed by atoms with van der Waals surface area (Å²) in [7, 11) is 3.58. The second-order valence-electron chi connectivity index (χ2n) is 7.14. The summed E-state index contributed by atoms with van der Waals surface area (Å²) in [6.07, 6.45) is 1.59. The van der Waals surface area contributed by atoms with E-state index < -0.39 is 0 Å². The quantitative estimate of drug-likeness (QED) is 0.877. The highest BCUT2D eigenvalue weighted by atomic mass is 16.5. The number of carbonyl (C=O) groups excluding carboxylic acids is 1. The number of phenolic OH excluding ortho intramolecular Hbond substituents is 1. The summed E-state index contributed by atoms with van der Waals surface area (Å²) in [5.74, 6) is 0.255. The van der Waals surface area contributed by atoms with Gasteiger partial charge in [-0.05, 0) is 37.5 Å². The first-order valence-electron chi connectivity index (χ1n) is 8.05. The van der Waals surface area contributed by atoms with Crippen LogP contribution in [0, 0.1) is 5.41 Å². The van der Waals surface area contributed by atoms with Crippen LogP contribution in [-0.4, -0.2) is 48.4 Å². The number of benzene rings is 1. The second-order valence-corrected chi connectivity index (χ2v) is 7.14. The minimum Gasteiger partial charge on any atom is -0.508 e. The zero-order valence-electron chi connectivity index (χ0n) is 14.7. The molecule has 2 rings (SSSR count). The fourth-order valence-corrected chi connectivity index (χ4v) is 3.32. The van der Waals surface area contributed by atoms with Crippen molar-refractivity contribution in [1.82, 2.24) is 10.2 Å². The Hall–Kier alpha value is -1.75. The lowest BCUT2D eigenvalue weighted by Gasteiger charge is -2.61. The van der Waals surface area contributed by atoms with Crippen molar-refractivity contribution in [2.75, 3.05) is 20.7 Å². The SMILES string of the molecule is COC1(C)CC(N(C)C(=O)NCCc2ccc(O)cc2)C1(C)C. The molecule has 128 valence electrons. The molecule has 5 nitrogen and oxygen atoms in total. The zero-order valence-corrected chi connectivity index (χ0v) is 14.7. The Kier molecular flexibility index (Phi) is 4.90. The van der Waals surface area contributed by atoms with Gasteiger partial charge in [0.15, 0.2) is 0 Å². The Morgan fingerprint density at radius 2 is 1.96 bits per heavy atom. The van der Waals surface area contributed by atoms with Gasteiger partial charge in [-0.15, -0.1) is 0 Å². The van der Waals surface area contributed by atoms with E-state index in [2.05, 4.69) is 26.1 Å².